The van der Waals surface area contributed by atoms with Crippen molar-refractivity contribution >= 4 is 52.4 Å². The molecule has 0 aromatic carbocycles. The summed E-state index contributed by atoms with van der Waals surface area (Å²) in [7, 11) is 0. The molecular formula is C40H60N8O5S. The predicted molar refractivity (Wildman–Crippen MR) is 211 cm³/mol. The maximum absolute atomic E-state index is 13.7. The lowest BCUT2D eigenvalue weighted by Gasteiger charge is -2.61. The van der Waals surface area contributed by atoms with Crippen molar-refractivity contribution in [1.29, 1.82) is 0 Å². The van der Waals surface area contributed by atoms with E-state index < -0.39 is 23.0 Å². The number of ether oxygens (including phenoxy) is 1. The largest absolute Gasteiger partial charge is 0.461 e. The number of carbonyl (C=O) groups excluding carboxylic acids is 3. The monoisotopic (exact) mass is 764 g/mol. The molecular weight excluding hydrogens is 705 g/mol. The minimum absolute atomic E-state index is 0.0549. The maximum Gasteiger partial charge on any atom is 0.316 e. The van der Waals surface area contributed by atoms with Crippen LogP contribution in [0.25, 0.3) is 11.2 Å². The molecule has 5 fully saturated rings. The molecule has 1 amide bonds. The van der Waals surface area contributed by atoms with E-state index in [-0.39, 0.29) is 52.5 Å². The number of thioether (sulfide) groups is 1. The number of piperidine rings is 1. The second-order valence-corrected chi connectivity index (χ2v) is 18.4. The van der Waals surface area contributed by atoms with Crippen LogP contribution < -0.4 is 16.0 Å². The fraction of sp³-hybridized carbons (Fsp3) is 0.750. The van der Waals surface area contributed by atoms with Gasteiger partial charge in [-0.3, -0.25) is 14.4 Å². The average molecular weight is 765 g/mol. The number of nitrogens with one attached hydrogen (secondary N) is 1. The molecule has 0 unspecified atom stereocenters. The zero-order valence-corrected chi connectivity index (χ0v) is 33.4. The summed E-state index contributed by atoms with van der Waals surface area (Å²) in [5, 5.41) is 15.1. The van der Waals surface area contributed by atoms with E-state index in [9.17, 15) is 19.5 Å². The fourth-order valence-electron chi connectivity index (χ4n) is 10.9. The van der Waals surface area contributed by atoms with Gasteiger partial charge in [-0.15, -0.1) is 18.3 Å². The number of carbonyl (C=O) groups is 3. The molecule has 3 aliphatic carbocycles. The number of aliphatic hydroxyl groups is 1. The van der Waals surface area contributed by atoms with Crippen molar-refractivity contribution in [3.8, 4) is 0 Å². The summed E-state index contributed by atoms with van der Waals surface area (Å²) < 4.78 is 8.33. The van der Waals surface area contributed by atoms with E-state index >= 15 is 0 Å². The maximum atomic E-state index is 13.7. The molecule has 2 bridgehead atoms. The van der Waals surface area contributed by atoms with Gasteiger partial charge >= 0.3 is 5.97 Å². The second kappa shape index (κ2) is 15.4. The Morgan fingerprint density at radius 2 is 1.87 bits per heavy atom. The van der Waals surface area contributed by atoms with Gasteiger partial charge in [0.05, 0.1) is 18.2 Å². The normalized spacial score (nSPS) is 34.7. The first-order valence-electron chi connectivity index (χ1n) is 20.1. The Hall–Kier alpha value is -3.23. The SMILES string of the molecule is C=C[C@]1(C)C[C@@H](OC(=O)CSCC2CCN(C(=O)CCn3cnc4c(N5CCNCC5)nc(N)nc43)CC2)[C@]2(C)[C@H](C)CC[C@]3(CCC(=O)[C@@H]32)[C@@H](C)[C@@H]1O. The lowest BCUT2D eigenvalue weighted by atomic mass is 9.44. The van der Waals surface area contributed by atoms with Crippen LogP contribution in [0.2, 0.25) is 0 Å². The van der Waals surface area contributed by atoms with Gasteiger partial charge in [0.25, 0.3) is 0 Å². The second-order valence-electron chi connectivity index (χ2n) is 17.4. The molecule has 0 spiro atoms. The number of aliphatic hydroxyl groups excluding tert-OH is 1. The van der Waals surface area contributed by atoms with Gasteiger partial charge in [-0.05, 0) is 67.4 Å². The zero-order valence-electron chi connectivity index (χ0n) is 32.6. The fourth-order valence-corrected chi connectivity index (χ4v) is 12.0. The number of hydrogen-bond donors (Lipinski definition) is 3. The number of Topliss-reactive ketones (excluding diaryl/α,β-unsaturated/α-hetero) is 1. The van der Waals surface area contributed by atoms with Gasteiger partial charge in [-0.2, -0.15) is 9.97 Å². The molecule has 4 heterocycles. The standard InChI is InChI=1S/C40H60N8O5S/c1-6-38(4)21-29(39(5)25(2)7-12-40(26(3)34(38)52)13-8-28(49)33(39)40)53-31(51)23-54-22-27-9-16-46(17-10-27)30(50)11-18-48-24-43-32-35(44-37(41)45-36(32)48)47-19-14-42-15-20-47/h6,24-27,29,33-34,42,52H,1,7-23H2,2-5H3,(H2,41,44,45)/t25-,26+,29-,33-,34+,38-,39+,40+/m1/s1. The molecule has 5 aliphatic rings. The number of aromatic nitrogens is 4. The number of piperazine rings is 1. The van der Waals surface area contributed by atoms with E-state index in [1.165, 1.54) is 0 Å². The van der Waals surface area contributed by atoms with Crippen LogP contribution in [0.1, 0.15) is 79.1 Å². The highest BCUT2D eigenvalue weighted by atomic mass is 32.2. The van der Waals surface area contributed by atoms with Crippen molar-refractivity contribution in [3.05, 3.63) is 19.0 Å². The number of esters is 1. The number of rotatable bonds is 10. The van der Waals surface area contributed by atoms with Gasteiger partial charge in [0, 0.05) is 75.4 Å². The molecule has 4 N–H and O–H groups in total. The summed E-state index contributed by atoms with van der Waals surface area (Å²) >= 11 is 1.59. The molecule has 14 heteroatoms. The molecule has 8 atom stereocenters. The summed E-state index contributed by atoms with van der Waals surface area (Å²) in [5.41, 5.74) is 6.01. The minimum atomic E-state index is -0.676. The molecule has 296 valence electrons. The van der Waals surface area contributed by atoms with Gasteiger partial charge in [-0.1, -0.05) is 33.8 Å². The van der Waals surface area contributed by atoms with Gasteiger partial charge < -0.3 is 35.3 Å². The van der Waals surface area contributed by atoms with Crippen LogP contribution in [-0.4, -0.2) is 110 Å². The number of amides is 1. The summed E-state index contributed by atoms with van der Waals surface area (Å²) in [4.78, 5) is 58.2. The Labute approximate surface area is 323 Å². The number of likely N-dealkylation sites (tertiary alicyclic amines) is 1. The van der Waals surface area contributed by atoms with Crippen molar-refractivity contribution in [2.45, 2.75) is 97.8 Å². The Kier molecular flexibility index (Phi) is 11.1. The van der Waals surface area contributed by atoms with Crippen molar-refractivity contribution < 1.29 is 24.2 Å². The summed E-state index contributed by atoms with van der Waals surface area (Å²) in [5.74, 6) is 2.43. The number of hydrogen-bond acceptors (Lipinski definition) is 12. The highest BCUT2D eigenvalue weighted by Crippen LogP contribution is 2.68. The zero-order chi connectivity index (χ0) is 38.4. The van der Waals surface area contributed by atoms with Gasteiger partial charge in [-0.25, -0.2) is 4.98 Å². The van der Waals surface area contributed by atoms with Crippen LogP contribution in [-0.2, 0) is 25.7 Å². The Morgan fingerprint density at radius 1 is 1.13 bits per heavy atom. The van der Waals surface area contributed by atoms with Gasteiger partial charge in [0.15, 0.2) is 17.0 Å². The molecule has 7 rings (SSSR count). The van der Waals surface area contributed by atoms with Crippen LogP contribution in [0.4, 0.5) is 11.8 Å². The van der Waals surface area contributed by atoms with Crippen molar-refractivity contribution in [2.75, 3.05) is 61.4 Å². The van der Waals surface area contributed by atoms with Crippen molar-refractivity contribution in [3.63, 3.8) is 0 Å². The molecule has 13 nitrogen and oxygen atoms in total. The predicted octanol–water partition coefficient (Wildman–Crippen LogP) is 4.09. The van der Waals surface area contributed by atoms with E-state index in [0.29, 0.717) is 56.0 Å². The van der Waals surface area contributed by atoms with Crippen LogP contribution in [0, 0.1) is 39.9 Å². The van der Waals surface area contributed by atoms with Crippen LogP contribution >= 0.6 is 11.8 Å². The first-order chi connectivity index (χ1) is 25.8. The number of anilines is 2. The van der Waals surface area contributed by atoms with Crippen LogP contribution in [0.15, 0.2) is 19.0 Å². The van der Waals surface area contributed by atoms with E-state index in [1.807, 2.05) is 22.5 Å². The third-order valence-electron chi connectivity index (χ3n) is 14.6. The Balaban J connectivity index is 0.911. The number of imidazole rings is 1. The molecule has 2 aliphatic heterocycles. The van der Waals surface area contributed by atoms with Crippen molar-refractivity contribution in [2.24, 2.45) is 39.9 Å². The van der Waals surface area contributed by atoms with Gasteiger partial charge in [0.2, 0.25) is 11.9 Å². The van der Waals surface area contributed by atoms with E-state index in [1.54, 1.807) is 18.1 Å². The Morgan fingerprint density at radius 3 is 2.59 bits per heavy atom. The molecule has 2 aromatic rings. The van der Waals surface area contributed by atoms with Crippen molar-refractivity contribution in [1.82, 2.24) is 29.7 Å². The van der Waals surface area contributed by atoms with Crippen LogP contribution in [0.3, 0.4) is 0 Å². The van der Waals surface area contributed by atoms with E-state index in [2.05, 4.69) is 52.5 Å². The third-order valence-corrected chi connectivity index (χ3v) is 15.7. The van der Waals surface area contributed by atoms with Crippen LogP contribution in [0.5, 0.6) is 0 Å². The summed E-state index contributed by atoms with van der Waals surface area (Å²) in [6.45, 7) is 17.9. The first-order valence-corrected chi connectivity index (χ1v) is 21.3. The van der Waals surface area contributed by atoms with E-state index in [0.717, 1.165) is 69.9 Å². The molecule has 0 radical (unpaired) electrons. The Bertz CT molecular complexity index is 1740. The average Bonchev–Trinajstić information content (AvgIpc) is 3.75. The van der Waals surface area contributed by atoms with E-state index in [4.69, 9.17) is 10.5 Å². The third kappa shape index (κ3) is 6.93. The smallest absolute Gasteiger partial charge is 0.316 e. The molecule has 2 saturated heterocycles. The number of ketones is 1. The molecule has 2 aromatic heterocycles. The quantitative estimate of drug-likeness (QED) is 0.235. The summed E-state index contributed by atoms with van der Waals surface area (Å²) in [6.07, 6.45) is 8.14. The number of nitrogen functional groups attached to an aromatic ring is 1. The highest BCUT2D eigenvalue weighted by molar-refractivity contribution is 7.99. The molecule has 54 heavy (non-hydrogen) atoms. The number of nitrogens with zero attached hydrogens (tertiary/aromatic N) is 6. The topological polar surface area (TPSA) is 169 Å². The van der Waals surface area contributed by atoms with Gasteiger partial charge in [0.1, 0.15) is 11.9 Å². The number of fused-ring (bicyclic) bond motifs is 1. The lowest BCUT2D eigenvalue weighted by Crippen LogP contribution is -2.63. The minimum Gasteiger partial charge on any atom is -0.461 e. The number of aryl methyl sites for hydroxylation is 1. The highest BCUT2D eigenvalue weighted by Gasteiger charge is 2.68. The lowest BCUT2D eigenvalue weighted by molar-refractivity contribution is -0.205. The number of nitrogens with two attached hydrogens (primary N) is 1. The first kappa shape index (κ1) is 39.0. The molecule has 3 saturated carbocycles. The summed E-state index contributed by atoms with van der Waals surface area (Å²) in [6, 6.07) is 0.